The first-order valence-corrected chi connectivity index (χ1v) is 11.0. The molecule has 0 radical (unpaired) electrons. The summed E-state index contributed by atoms with van der Waals surface area (Å²) in [7, 11) is 3.57. The highest BCUT2D eigenvalue weighted by Crippen LogP contribution is 2.30. The zero-order valence-electron chi connectivity index (χ0n) is 17.2. The van der Waals surface area contributed by atoms with E-state index in [1.54, 1.807) is 7.11 Å². The molecule has 1 aromatic heterocycles. The molecule has 0 aliphatic heterocycles. The zero-order valence-corrected chi connectivity index (χ0v) is 18.0. The summed E-state index contributed by atoms with van der Waals surface area (Å²) in [6, 6.07) is 8.36. The Kier molecular flexibility index (Phi) is 6.99. The van der Waals surface area contributed by atoms with E-state index in [0.29, 0.717) is 11.8 Å². The Morgan fingerprint density at radius 3 is 2.64 bits per heavy atom. The maximum absolute atomic E-state index is 13.0. The number of thioether (sulfide) groups is 1. The lowest BCUT2D eigenvalue weighted by molar-refractivity contribution is -0.133. The number of benzene rings is 1. The number of hydrogen-bond donors (Lipinski definition) is 0. The van der Waals surface area contributed by atoms with Crippen molar-refractivity contribution in [2.45, 2.75) is 63.2 Å². The van der Waals surface area contributed by atoms with Crippen LogP contribution in [0.1, 0.15) is 46.0 Å². The molecule has 1 saturated carbocycles. The van der Waals surface area contributed by atoms with Crippen molar-refractivity contribution in [3.8, 4) is 17.1 Å². The first-order valence-electron chi connectivity index (χ1n) is 9.99. The van der Waals surface area contributed by atoms with Gasteiger partial charge in [-0.15, -0.1) is 10.2 Å². The second kappa shape index (κ2) is 9.45. The van der Waals surface area contributed by atoms with Gasteiger partial charge in [0, 0.05) is 19.1 Å². The molecule has 1 heterocycles. The quantitative estimate of drug-likeness (QED) is 0.651. The van der Waals surface area contributed by atoms with Crippen molar-refractivity contribution in [3.05, 3.63) is 24.3 Å². The summed E-state index contributed by atoms with van der Waals surface area (Å²) in [6.45, 7) is 4.22. The van der Waals surface area contributed by atoms with Gasteiger partial charge in [0.2, 0.25) is 5.91 Å². The molecule has 3 rings (SSSR count). The Balaban J connectivity index is 1.70. The highest BCUT2D eigenvalue weighted by Gasteiger charge is 2.28. The SMILES string of the molecule is COc1ccccc1-c1nnc(SCC(=O)N(C(C)C)C2CCCCC2)n1C. The number of nitrogens with zero attached hydrogens (tertiary/aromatic N) is 4. The van der Waals surface area contributed by atoms with Crippen LogP contribution in [0.2, 0.25) is 0 Å². The van der Waals surface area contributed by atoms with Crippen LogP contribution < -0.4 is 4.74 Å². The number of amides is 1. The molecule has 1 amide bonds. The Morgan fingerprint density at radius 1 is 1.25 bits per heavy atom. The third kappa shape index (κ3) is 4.51. The number of carbonyl (C=O) groups is 1. The van der Waals surface area contributed by atoms with Gasteiger partial charge < -0.3 is 14.2 Å². The van der Waals surface area contributed by atoms with Crippen molar-refractivity contribution in [1.82, 2.24) is 19.7 Å². The van der Waals surface area contributed by atoms with Crippen LogP contribution in [0.15, 0.2) is 29.4 Å². The highest BCUT2D eigenvalue weighted by atomic mass is 32.2. The second-order valence-electron chi connectivity index (χ2n) is 7.54. The minimum Gasteiger partial charge on any atom is -0.496 e. The molecular weight excluding hydrogens is 372 g/mol. The summed E-state index contributed by atoms with van der Waals surface area (Å²) in [5.41, 5.74) is 0.893. The number of hydrogen-bond acceptors (Lipinski definition) is 5. The van der Waals surface area contributed by atoms with Crippen LogP contribution >= 0.6 is 11.8 Å². The van der Waals surface area contributed by atoms with Gasteiger partial charge in [-0.2, -0.15) is 0 Å². The zero-order chi connectivity index (χ0) is 20.1. The van der Waals surface area contributed by atoms with Gasteiger partial charge in [-0.1, -0.05) is 43.2 Å². The average molecular weight is 403 g/mol. The topological polar surface area (TPSA) is 60.3 Å². The fourth-order valence-electron chi connectivity index (χ4n) is 3.98. The standard InChI is InChI=1S/C21H30N4O2S/c1-15(2)25(16-10-6-5-7-11-16)19(26)14-28-21-23-22-20(24(21)3)17-12-8-9-13-18(17)27-4/h8-9,12-13,15-16H,5-7,10-11,14H2,1-4H3. The minimum absolute atomic E-state index is 0.189. The van der Waals surface area contributed by atoms with Crippen LogP contribution in [0.25, 0.3) is 11.4 Å². The monoisotopic (exact) mass is 402 g/mol. The van der Waals surface area contributed by atoms with Gasteiger partial charge in [0.1, 0.15) is 5.75 Å². The molecule has 0 bridgehead atoms. The summed E-state index contributed by atoms with van der Waals surface area (Å²) < 4.78 is 7.37. The number of methoxy groups -OCH3 is 1. The van der Waals surface area contributed by atoms with Crippen molar-refractivity contribution in [1.29, 1.82) is 0 Å². The van der Waals surface area contributed by atoms with Gasteiger partial charge in [-0.05, 0) is 38.8 Å². The lowest BCUT2D eigenvalue weighted by Gasteiger charge is -2.37. The third-order valence-electron chi connectivity index (χ3n) is 5.32. The van der Waals surface area contributed by atoms with Crippen LogP contribution in [-0.4, -0.2) is 50.5 Å². The number of rotatable bonds is 7. The van der Waals surface area contributed by atoms with E-state index in [1.807, 2.05) is 35.9 Å². The molecule has 7 heteroatoms. The molecule has 1 aromatic carbocycles. The Hall–Kier alpha value is -2.02. The molecule has 1 aliphatic carbocycles. The molecule has 0 unspecified atom stereocenters. The van der Waals surface area contributed by atoms with E-state index in [4.69, 9.17) is 4.74 Å². The first-order chi connectivity index (χ1) is 13.5. The van der Waals surface area contributed by atoms with Gasteiger partial charge in [0.25, 0.3) is 0 Å². The number of para-hydroxylation sites is 1. The van der Waals surface area contributed by atoms with Crippen molar-refractivity contribution in [3.63, 3.8) is 0 Å². The lowest BCUT2D eigenvalue weighted by atomic mass is 9.93. The lowest BCUT2D eigenvalue weighted by Crippen LogP contribution is -2.46. The Labute approximate surface area is 171 Å². The fraction of sp³-hybridized carbons (Fsp3) is 0.571. The van der Waals surface area contributed by atoms with E-state index >= 15 is 0 Å². The van der Waals surface area contributed by atoms with Crippen LogP contribution in [0.3, 0.4) is 0 Å². The molecule has 1 aliphatic rings. The van der Waals surface area contributed by atoms with Gasteiger partial charge in [0.15, 0.2) is 11.0 Å². The van der Waals surface area contributed by atoms with E-state index in [9.17, 15) is 4.79 Å². The predicted molar refractivity (Wildman–Crippen MR) is 113 cm³/mol. The maximum Gasteiger partial charge on any atom is 0.233 e. The molecule has 0 saturated heterocycles. The van der Waals surface area contributed by atoms with Crippen molar-refractivity contribution in [2.24, 2.45) is 7.05 Å². The van der Waals surface area contributed by atoms with E-state index in [2.05, 4.69) is 28.9 Å². The Bertz CT molecular complexity index is 799. The van der Waals surface area contributed by atoms with Crippen LogP contribution in [0.4, 0.5) is 0 Å². The molecule has 2 aromatic rings. The average Bonchev–Trinajstić information content (AvgIpc) is 3.07. The van der Waals surface area contributed by atoms with Gasteiger partial charge >= 0.3 is 0 Å². The molecular formula is C21H30N4O2S. The van der Waals surface area contributed by atoms with E-state index in [1.165, 1.54) is 31.0 Å². The summed E-state index contributed by atoms with van der Waals surface area (Å²) in [5.74, 6) is 2.06. The predicted octanol–water partition coefficient (Wildman–Crippen LogP) is 4.15. The molecule has 152 valence electrons. The van der Waals surface area contributed by atoms with Crippen LogP contribution in [0.5, 0.6) is 5.75 Å². The fourth-order valence-corrected chi connectivity index (χ4v) is 4.76. The smallest absolute Gasteiger partial charge is 0.233 e. The summed E-state index contributed by atoms with van der Waals surface area (Å²) in [6.07, 6.45) is 5.97. The molecule has 6 nitrogen and oxygen atoms in total. The van der Waals surface area contributed by atoms with Gasteiger partial charge in [-0.3, -0.25) is 4.79 Å². The van der Waals surface area contributed by atoms with Gasteiger partial charge in [0.05, 0.1) is 18.4 Å². The first kappa shape index (κ1) is 20.7. The van der Waals surface area contributed by atoms with Gasteiger partial charge in [-0.25, -0.2) is 0 Å². The molecule has 28 heavy (non-hydrogen) atoms. The Morgan fingerprint density at radius 2 is 1.96 bits per heavy atom. The molecule has 0 spiro atoms. The number of ether oxygens (including phenoxy) is 1. The van der Waals surface area contributed by atoms with Crippen LogP contribution in [-0.2, 0) is 11.8 Å². The molecule has 1 fully saturated rings. The van der Waals surface area contributed by atoms with Crippen molar-refractivity contribution < 1.29 is 9.53 Å². The summed E-state index contributed by atoms with van der Waals surface area (Å²) in [4.78, 5) is 15.1. The van der Waals surface area contributed by atoms with E-state index < -0.39 is 0 Å². The summed E-state index contributed by atoms with van der Waals surface area (Å²) in [5, 5.41) is 9.37. The van der Waals surface area contributed by atoms with Crippen LogP contribution in [0, 0.1) is 0 Å². The molecule has 0 N–H and O–H groups in total. The van der Waals surface area contributed by atoms with E-state index in [-0.39, 0.29) is 11.9 Å². The number of carbonyl (C=O) groups excluding carboxylic acids is 1. The third-order valence-corrected chi connectivity index (χ3v) is 6.32. The highest BCUT2D eigenvalue weighted by molar-refractivity contribution is 7.99. The second-order valence-corrected chi connectivity index (χ2v) is 8.48. The molecule has 0 atom stereocenters. The largest absolute Gasteiger partial charge is 0.496 e. The van der Waals surface area contributed by atoms with E-state index in [0.717, 1.165) is 35.1 Å². The normalized spacial score (nSPS) is 15.0. The van der Waals surface area contributed by atoms with Crippen molar-refractivity contribution in [2.75, 3.05) is 12.9 Å². The minimum atomic E-state index is 0.189. The van der Waals surface area contributed by atoms with Crippen molar-refractivity contribution >= 4 is 17.7 Å². The number of aromatic nitrogens is 3. The summed E-state index contributed by atoms with van der Waals surface area (Å²) >= 11 is 1.45. The maximum atomic E-state index is 13.0.